The summed E-state index contributed by atoms with van der Waals surface area (Å²) in [6, 6.07) is 2.31. The van der Waals surface area contributed by atoms with E-state index in [1.165, 1.54) is 17.9 Å². The fourth-order valence-corrected chi connectivity index (χ4v) is 1.34. The fourth-order valence-electron chi connectivity index (χ4n) is 1.34. The number of aliphatic carboxylic acids is 1. The molecule has 6 heteroatoms. The Hall–Kier alpha value is -2.11. The molecule has 92 valence electrons. The maximum absolute atomic E-state index is 11.1. The normalized spacial score (nSPS) is 11.9. The van der Waals surface area contributed by atoms with Gasteiger partial charge in [-0.3, -0.25) is 4.79 Å². The third-order valence-electron chi connectivity index (χ3n) is 2.52. The molecule has 1 amide bonds. The molecule has 6 nitrogen and oxygen atoms in total. The van der Waals surface area contributed by atoms with Gasteiger partial charge >= 0.3 is 5.97 Å². The van der Waals surface area contributed by atoms with Gasteiger partial charge in [-0.2, -0.15) is 0 Å². The minimum atomic E-state index is -0.962. The van der Waals surface area contributed by atoms with Gasteiger partial charge in [0.2, 0.25) is 5.91 Å². The molecule has 0 fully saturated rings. The maximum atomic E-state index is 11.1. The summed E-state index contributed by atoms with van der Waals surface area (Å²) < 4.78 is 0. The van der Waals surface area contributed by atoms with E-state index in [1.54, 1.807) is 20.0 Å². The molecule has 0 aromatic carbocycles. The molecule has 0 saturated heterocycles. The van der Waals surface area contributed by atoms with E-state index in [2.05, 4.69) is 4.98 Å². The monoisotopic (exact) mass is 237 g/mol. The van der Waals surface area contributed by atoms with E-state index >= 15 is 0 Å². The van der Waals surface area contributed by atoms with Gasteiger partial charge in [0.25, 0.3) is 0 Å². The van der Waals surface area contributed by atoms with Crippen LogP contribution < -0.4 is 10.6 Å². The zero-order valence-corrected chi connectivity index (χ0v) is 9.97. The molecule has 1 aromatic heterocycles. The number of carboxylic acids is 1. The molecule has 1 aromatic rings. The predicted octanol–water partition coefficient (Wildman–Crippen LogP) is 0.398. The molecule has 0 spiro atoms. The number of nitrogens with two attached hydrogens (primary N) is 1. The van der Waals surface area contributed by atoms with Gasteiger partial charge in [-0.1, -0.05) is 0 Å². The lowest BCUT2D eigenvalue weighted by molar-refractivity contribution is -0.138. The van der Waals surface area contributed by atoms with Gasteiger partial charge in [-0.05, 0) is 26.0 Å². The summed E-state index contributed by atoms with van der Waals surface area (Å²) >= 11 is 0. The van der Waals surface area contributed by atoms with Gasteiger partial charge < -0.3 is 15.7 Å². The van der Waals surface area contributed by atoms with Crippen LogP contribution in [-0.2, 0) is 4.79 Å². The van der Waals surface area contributed by atoms with Crippen LogP contribution in [-0.4, -0.2) is 35.1 Å². The van der Waals surface area contributed by atoms with Crippen LogP contribution in [0.5, 0.6) is 0 Å². The number of primary amides is 1. The van der Waals surface area contributed by atoms with Gasteiger partial charge in [-0.25, -0.2) is 9.78 Å². The van der Waals surface area contributed by atoms with Crippen molar-refractivity contribution in [2.24, 2.45) is 5.73 Å². The summed E-state index contributed by atoms with van der Waals surface area (Å²) in [6.45, 7) is 3.26. The highest BCUT2D eigenvalue weighted by Crippen LogP contribution is 2.15. The third-order valence-corrected chi connectivity index (χ3v) is 2.52. The zero-order valence-electron chi connectivity index (χ0n) is 9.97. The summed E-state index contributed by atoms with van der Waals surface area (Å²) in [5, 5.41) is 8.90. The van der Waals surface area contributed by atoms with E-state index in [0.29, 0.717) is 17.1 Å². The Morgan fingerprint density at radius 1 is 1.47 bits per heavy atom. The molecule has 1 atom stereocenters. The number of aromatic nitrogens is 1. The average molecular weight is 237 g/mol. The van der Waals surface area contributed by atoms with E-state index in [0.717, 1.165) is 0 Å². The summed E-state index contributed by atoms with van der Waals surface area (Å²) in [5.74, 6) is -1.11. The first kappa shape index (κ1) is 13.0. The van der Waals surface area contributed by atoms with Crippen LogP contribution >= 0.6 is 0 Å². The highest BCUT2D eigenvalue weighted by atomic mass is 16.4. The van der Waals surface area contributed by atoms with Crippen LogP contribution in [0, 0.1) is 6.92 Å². The van der Waals surface area contributed by atoms with E-state index in [1.807, 2.05) is 0 Å². The Bertz CT molecular complexity index is 459. The predicted molar refractivity (Wildman–Crippen MR) is 63.0 cm³/mol. The lowest BCUT2D eigenvalue weighted by Crippen LogP contribution is -2.36. The Balaban J connectivity index is 3.13. The van der Waals surface area contributed by atoms with Crippen LogP contribution in [0.1, 0.15) is 23.0 Å². The molecule has 1 heterocycles. The van der Waals surface area contributed by atoms with Gasteiger partial charge in [0.1, 0.15) is 11.9 Å². The number of hydrogen-bond donors (Lipinski definition) is 2. The molecule has 0 aliphatic heterocycles. The van der Waals surface area contributed by atoms with Crippen molar-refractivity contribution < 1.29 is 14.7 Å². The van der Waals surface area contributed by atoms with Crippen molar-refractivity contribution in [3.05, 3.63) is 23.4 Å². The lowest BCUT2D eigenvalue weighted by Gasteiger charge is -2.23. The Morgan fingerprint density at radius 2 is 2.06 bits per heavy atom. The Morgan fingerprint density at radius 3 is 2.53 bits per heavy atom. The smallest absolute Gasteiger partial charge is 0.326 e. The molecule has 3 N–H and O–H groups in total. The number of carboxylic acid groups (broad SMARTS) is 1. The molecule has 1 rings (SSSR count). The first-order chi connectivity index (χ1) is 7.82. The van der Waals surface area contributed by atoms with E-state index in [-0.39, 0.29) is 0 Å². The number of anilines is 1. The number of carbonyl (C=O) groups excluding carboxylic acids is 1. The zero-order chi connectivity index (χ0) is 13.2. The highest BCUT2D eigenvalue weighted by Gasteiger charge is 2.19. The number of amides is 1. The summed E-state index contributed by atoms with van der Waals surface area (Å²) in [6.07, 6.45) is 0. The quantitative estimate of drug-likeness (QED) is 0.790. The van der Waals surface area contributed by atoms with Crippen LogP contribution in [0.15, 0.2) is 12.1 Å². The van der Waals surface area contributed by atoms with Crippen molar-refractivity contribution in [3.63, 3.8) is 0 Å². The largest absolute Gasteiger partial charge is 0.480 e. The summed E-state index contributed by atoms with van der Waals surface area (Å²) in [7, 11) is 1.60. The van der Waals surface area contributed by atoms with Crippen LogP contribution in [0.2, 0.25) is 0 Å². The summed E-state index contributed by atoms with van der Waals surface area (Å²) in [4.78, 5) is 27.6. The van der Waals surface area contributed by atoms with Gasteiger partial charge in [-0.15, -0.1) is 0 Å². The van der Waals surface area contributed by atoms with Crippen molar-refractivity contribution in [2.45, 2.75) is 19.9 Å². The van der Waals surface area contributed by atoms with Crippen molar-refractivity contribution >= 4 is 17.7 Å². The van der Waals surface area contributed by atoms with Crippen molar-refractivity contribution in [2.75, 3.05) is 11.9 Å². The fraction of sp³-hybridized carbons (Fsp3) is 0.364. The molecule has 0 bridgehead atoms. The van der Waals surface area contributed by atoms with E-state index in [9.17, 15) is 9.59 Å². The van der Waals surface area contributed by atoms with Crippen molar-refractivity contribution in [1.82, 2.24) is 4.98 Å². The van der Waals surface area contributed by atoms with E-state index < -0.39 is 17.9 Å². The molecule has 1 unspecified atom stereocenters. The number of aryl methyl sites for hydroxylation is 1. The average Bonchev–Trinajstić information content (AvgIpc) is 2.25. The summed E-state index contributed by atoms with van der Waals surface area (Å²) in [5.41, 5.74) is 6.11. The second-order valence-electron chi connectivity index (χ2n) is 3.84. The Kier molecular flexibility index (Phi) is 3.67. The molecule has 0 saturated carbocycles. The number of carbonyl (C=O) groups is 2. The SMILES string of the molecule is Cc1cc(C(N)=O)cc(N(C)C(C)C(=O)O)n1. The minimum Gasteiger partial charge on any atom is -0.480 e. The second kappa shape index (κ2) is 4.82. The van der Waals surface area contributed by atoms with E-state index in [4.69, 9.17) is 10.8 Å². The number of likely N-dealkylation sites (N-methyl/N-ethyl adjacent to an activating group) is 1. The van der Waals surface area contributed by atoms with Crippen LogP contribution in [0.4, 0.5) is 5.82 Å². The molecule has 0 aliphatic rings. The second-order valence-corrected chi connectivity index (χ2v) is 3.84. The number of nitrogens with zero attached hydrogens (tertiary/aromatic N) is 2. The first-order valence-electron chi connectivity index (χ1n) is 5.07. The van der Waals surface area contributed by atoms with Gasteiger partial charge in [0.15, 0.2) is 0 Å². The number of hydrogen-bond acceptors (Lipinski definition) is 4. The van der Waals surface area contributed by atoms with Crippen LogP contribution in [0.3, 0.4) is 0 Å². The topological polar surface area (TPSA) is 96.5 Å². The van der Waals surface area contributed by atoms with Crippen molar-refractivity contribution in [1.29, 1.82) is 0 Å². The molecular formula is C11H15N3O3. The van der Waals surface area contributed by atoms with Crippen LogP contribution in [0.25, 0.3) is 0 Å². The number of pyridine rings is 1. The van der Waals surface area contributed by atoms with Crippen molar-refractivity contribution in [3.8, 4) is 0 Å². The molecular weight excluding hydrogens is 222 g/mol. The first-order valence-corrected chi connectivity index (χ1v) is 5.07. The Labute approximate surface area is 99.1 Å². The lowest BCUT2D eigenvalue weighted by atomic mass is 10.2. The highest BCUT2D eigenvalue weighted by molar-refractivity contribution is 5.93. The standard InChI is InChI=1S/C11H15N3O3/c1-6-4-8(10(12)15)5-9(13-6)14(3)7(2)11(16)17/h4-5,7H,1-3H3,(H2,12,15)(H,16,17). The van der Waals surface area contributed by atoms with Gasteiger partial charge in [0.05, 0.1) is 0 Å². The maximum Gasteiger partial charge on any atom is 0.326 e. The van der Waals surface area contributed by atoms with Gasteiger partial charge in [0, 0.05) is 18.3 Å². The third kappa shape index (κ3) is 2.93. The minimum absolute atomic E-state index is 0.317. The number of rotatable bonds is 4. The molecule has 0 radical (unpaired) electrons. The molecule has 0 aliphatic carbocycles. The molecule has 17 heavy (non-hydrogen) atoms.